The average Bonchev–Trinajstić information content (AvgIpc) is 3.09. The summed E-state index contributed by atoms with van der Waals surface area (Å²) in [7, 11) is 0. The Morgan fingerprint density at radius 2 is 2.04 bits per heavy atom. The standard InChI is InChI=1S/C19H22N4O2S/c1-14-6-8-15(9-7-14)25-13-18(24)20-16(10-12-26-2)19-22-21-17-5-3-4-11-23(17)19/h3-9,11,16H,10,12-13H2,1-2H3,(H,20,24). The van der Waals surface area contributed by atoms with Crippen molar-refractivity contribution >= 4 is 23.3 Å². The first kappa shape index (κ1) is 18.3. The zero-order valence-electron chi connectivity index (χ0n) is 14.9. The maximum atomic E-state index is 12.4. The fourth-order valence-electron chi connectivity index (χ4n) is 2.62. The molecule has 136 valence electrons. The summed E-state index contributed by atoms with van der Waals surface area (Å²) >= 11 is 1.73. The molecule has 2 aromatic heterocycles. The van der Waals surface area contributed by atoms with E-state index < -0.39 is 0 Å². The van der Waals surface area contributed by atoms with Crippen molar-refractivity contribution in [3.8, 4) is 5.75 Å². The van der Waals surface area contributed by atoms with Crippen LogP contribution in [-0.4, -0.2) is 39.1 Å². The second-order valence-electron chi connectivity index (χ2n) is 5.99. The normalized spacial score (nSPS) is 12.1. The fourth-order valence-corrected chi connectivity index (χ4v) is 3.09. The van der Waals surface area contributed by atoms with Gasteiger partial charge in [-0.1, -0.05) is 23.8 Å². The molecule has 0 fully saturated rings. The maximum Gasteiger partial charge on any atom is 0.258 e. The van der Waals surface area contributed by atoms with Gasteiger partial charge in [0.15, 0.2) is 18.1 Å². The highest BCUT2D eigenvalue weighted by molar-refractivity contribution is 7.98. The zero-order valence-corrected chi connectivity index (χ0v) is 15.7. The predicted octanol–water partition coefficient (Wildman–Crippen LogP) is 3.03. The number of hydrogen-bond acceptors (Lipinski definition) is 5. The van der Waals surface area contributed by atoms with E-state index in [9.17, 15) is 4.79 Å². The number of rotatable bonds is 8. The monoisotopic (exact) mass is 370 g/mol. The molecule has 26 heavy (non-hydrogen) atoms. The number of ether oxygens (including phenoxy) is 1. The number of hydrogen-bond donors (Lipinski definition) is 1. The van der Waals surface area contributed by atoms with Gasteiger partial charge >= 0.3 is 0 Å². The molecule has 1 unspecified atom stereocenters. The van der Waals surface area contributed by atoms with Crippen LogP contribution in [0.4, 0.5) is 0 Å². The number of nitrogens with one attached hydrogen (secondary N) is 1. The Kier molecular flexibility index (Phi) is 6.12. The number of nitrogens with zero attached hydrogens (tertiary/aromatic N) is 3. The van der Waals surface area contributed by atoms with Crippen molar-refractivity contribution < 1.29 is 9.53 Å². The number of amides is 1. The molecule has 6 nitrogen and oxygen atoms in total. The van der Waals surface area contributed by atoms with E-state index >= 15 is 0 Å². The summed E-state index contributed by atoms with van der Waals surface area (Å²) in [6.45, 7) is 1.98. The Hall–Kier alpha value is -2.54. The minimum atomic E-state index is -0.214. The van der Waals surface area contributed by atoms with Crippen LogP contribution in [0.15, 0.2) is 48.7 Å². The molecule has 0 spiro atoms. The largest absolute Gasteiger partial charge is 0.484 e. The molecule has 0 saturated carbocycles. The second kappa shape index (κ2) is 8.71. The molecule has 1 amide bonds. The van der Waals surface area contributed by atoms with Crippen LogP contribution in [0.25, 0.3) is 5.65 Å². The number of carbonyl (C=O) groups is 1. The lowest BCUT2D eigenvalue weighted by Gasteiger charge is -2.17. The third kappa shape index (κ3) is 4.54. The Bertz CT molecular complexity index is 863. The fraction of sp³-hybridized carbons (Fsp3) is 0.316. The molecule has 2 heterocycles. The smallest absolute Gasteiger partial charge is 0.258 e. The van der Waals surface area contributed by atoms with E-state index in [1.807, 2.05) is 66.2 Å². The molecule has 0 saturated heterocycles. The molecule has 1 atom stereocenters. The maximum absolute atomic E-state index is 12.4. The predicted molar refractivity (Wildman–Crippen MR) is 104 cm³/mol. The van der Waals surface area contributed by atoms with Gasteiger partial charge in [-0.2, -0.15) is 11.8 Å². The summed E-state index contributed by atoms with van der Waals surface area (Å²) < 4.78 is 7.48. The van der Waals surface area contributed by atoms with Crippen LogP contribution >= 0.6 is 11.8 Å². The lowest BCUT2D eigenvalue weighted by molar-refractivity contribution is -0.123. The molecule has 0 aliphatic heterocycles. The van der Waals surface area contributed by atoms with Gasteiger partial charge in [-0.3, -0.25) is 9.20 Å². The molecule has 1 aromatic carbocycles. The number of fused-ring (bicyclic) bond motifs is 1. The molecule has 3 rings (SSSR count). The topological polar surface area (TPSA) is 68.5 Å². The van der Waals surface area contributed by atoms with Crippen LogP contribution in [0.2, 0.25) is 0 Å². The van der Waals surface area contributed by atoms with Crippen molar-refractivity contribution in [2.75, 3.05) is 18.6 Å². The minimum absolute atomic E-state index is 0.0322. The third-order valence-corrected chi connectivity index (χ3v) is 4.63. The van der Waals surface area contributed by atoms with Crippen LogP contribution in [0, 0.1) is 6.92 Å². The summed E-state index contributed by atoms with van der Waals surface area (Å²) in [6.07, 6.45) is 4.72. The number of benzene rings is 1. The highest BCUT2D eigenvalue weighted by Crippen LogP contribution is 2.18. The molecule has 0 aliphatic rings. The first-order chi connectivity index (χ1) is 12.7. The summed E-state index contributed by atoms with van der Waals surface area (Å²) in [6, 6.07) is 13.2. The van der Waals surface area contributed by atoms with E-state index in [1.165, 1.54) is 0 Å². The van der Waals surface area contributed by atoms with Gasteiger partial charge in [-0.15, -0.1) is 10.2 Å². The first-order valence-electron chi connectivity index (χ1n) is 8.45. The SMILES string of the molecule is CSCCC(NC(=O)COc1ccc(C)cc1)c1nnc2ccccn12. The number of pyridine rings is 1. The molecule has 0 bridgehead atoms. The van der Waals surface area contributed by atoms with E-state index in [2.05, 4.69) is 15.5 Å². The van der Waals surface area contributed by atoms with E-state index in [0.29, 0.717) is 5.75 Å². The molecule has 3 aromatic rings. The van der Waals surface area contributed by atoms with Gasteiger partial charge in [0.2, 0.25) is 0 Å². The van der Waals surface area contributed by atoms with Gasteiger partial charge in [0.25, 0.3) is 5.91 Å². The van der Waals surface area contributed by atoms with Gasteiger partial charge in [-0.25, -0.2) is 0 Å². The minimum Gasteiger partial charge on any atom is -0.484 e. The lowest BCUT2D eigenvalue weighted by atomic mass is 10.2. The Morgan fingerprint density at radius 3 is 2.81 bits per heavy atom. The van der Waals surface area contributed by atoms with Crippen molar-refractivity contribution in [3.05, 3.63) is 60.0 Å². The van der Waals surface area contributed by atoms with Gasteiger partial charge in [0, 0.05) is 6.20 Å². The summed E-state index contributed by atoms with van der Waals surface area (Å²) in [4.78, 5) is 12.4. The van der Waals surface area contributed by atoms with E-state index in [0.717, 1.165) is 29.2 Å². The summed E-state index contributed by atoms with van der Waals surface area (Å²) in [5, 5.41) is 11.5. The van der Waals surface area contributed by atoms with E-state index in [-0.39, 0.29) is 18.6 Å². The molecule has 0 radical (unpaired) electrons. The highest BCUT2D eigenvalue weighted by atomic mass is 32.2. The first-order valence-corrected chi connectivity index (χ1v) is 9.84. The van der Waals surface area contributed by atoms with E-state index in [1.54, 1.807) is 11.8 Å². The van der Waals surface area contributed by atoms with E-state index in [4.69, 9.17) is 4.74 Å². The highest BCUT2D eigenvalue weighted by Gasteiger charge is 2.20. The molecule has 7 heteroatoms. The van der Waals surface area contributed by atoms with Crippen molar-refractivity contribution in [1.82, 2.24) is 19.9 Å². The molecular weight excluding hydrogens is 348 g/mol. The number of aryl methyl sites for hydroxylation is 1. The second-order valence-corrected chi connectivity index (χ2v) is 6.98. The lowest BCUT2D eigenvalue weighted by Crippen LogP contribution is -2.34. The number of carbonyl (C=O) groups excluding carboxylic acids is 1. The van der Waals surface area contributed by atoms with Crippen molar-refractivity contribution in [2.45, 2.75) is 19.4 Å². The summed E-state index contributed by atoms with van der Waals surface area (Å²) in [5.74, 6) is 2.15. The number of aromatic nitrogens is 3. The Labute approximate surface area is 157 Å². The molecule has 0 aliphatic carbocycles. The van der Waals surface area contributed by atoms with Crippen LogP contribution < -0.4 is 10.1 Å². The Morgan fingerprint density at radius 1 is 1.23 bits per heavy atom. The average molecular weight is 370 g/mol. The third-order valence-electron chi connectivity index (χ3n) is 3.99. The van der Waals surface area contributed by atoms with Crippen molar-refractivity contribution in [2.24, 2.45) is 0 Å². The van der Waals surface area contributed by atoms with Gasteiger partial charge in [-0.05, 0) is 49.6 Å². The summed E-state index contributed by atoms with van der Waals surface area (Å²) in [5.41, 5.74) is 1.92. The Balaban J connectivity index is 1.67. The van der Waals surface area contributed by atoms with Gasteiger partial charge < -0.3 is 10.1 Å². The quantitative estimate of drug-likeness (QED) is 0.660. The molecule has 1 N–H and O–H groups in total. The van der Waals surface area contributed by atoms with Crippen LogP contribution in [0.3, 0.4) is 0 Å². The van der Waals surface area contributed by atoms with Crippen LogP contribution in [0.1, 0.15) is 23.9 Å². The molecular formula is C19H22N4O2S. The zero-order chi connectivity index (χ0) is 18.4. The number of thioether (sulfide) groups is 1. The van der Waals surface area contributed by atoms with Crippen molar-refractivity contribution in [3.63, 3.8) is 0 Å². The van der Waals surface area contributed by atoms with Crippen LogP contribution in [0.5, 0.6) is 5.75 Å². The van der Waals surface area contributed by atoms with Crippen molar-refractivity contribution in [1.29, 1.82) is 0 Å². The van der Waals surface area contributed by atoms with Crippen LogP contribution in [-0.2, 0) is 4.79 Å². The van der Waals surface area contributed by atoms with Gasteiger partial charge in [0.05, 0.1) is 6.04 Å². The van der Waals surface area contributed by atoms with Gasteiger partial charge in [0.1, 0.15) is 5.75 Å².